The van der Waals surface area contributed by atoms with Gasteiger partial charge in [-0.15, -0.1) is 0 Å². The number of likely N-dealkylation sites (N-methyl/N-ethyl adjacent to an activating group) is 1. The normalized spacial score (nSPS) is 14.9. The van der Waals surface area contributed by atoms with Crippen LogP contribution in [-0.4, -0.2) is 50.0 Å². The van der Waals surface area contributed by atoms with Crippen LogP contribution < -0.4 is 4.89 Å². The van der Waals surface area contributed by atoms with Crippen LogP contribution in [0.4, 0.5) is 0 Å². The molecule has 1 rings (SSSR count). The third-order valence-corrected chi connectivity index (χ3v) is 4.24. The number of rotatable bonds is 12. The molecule has 0 radical (unpaired) electrons. The van der Waals surface area contributed by atoms with E-state index >= 15 is 0 Å². The predicted octanol–water partition coefficient (Wildman–Crippen LogP) is 2.26. The Labute approximate surface area is 133 Å². The summed E-state index contributed by atoms with van der Waals surface area (Å²) in [6.07, 6.45) is 7.93. The van der Waals surface area contributed by atoms with E-state index in [1.807, 2.05) is 45.7 Å². The van der Waals surface area contributed by atoms with Crippen LogP contribution in [0, 0.1) is 0 Å². The Morgan fingerprint density at radius 2 is 1.59 bits per heavy atom. The van der Waals surface area contributed by atoms with Crippen LogP contribution in [-0.2, 0) is 20.2 Å². The van der Waals surface area contributed by atoms with Crippen molar-refractivity contribution in [1.29, 1.82) is 0 Å². The van der Waals surface area contributed by atoms with Crippen molar-refractivity contribution >= 4 is 7.82 Å². The van der Waals surface area contributed by atoms with E-state index in [4.69, 9.17) is 9.05 Å². The lowest BCUT2D eigenvalue weighted by molar-refractivity contribution is -0.870. The van der Waals surface area contributed by atoms with Crippen LogP contribution in [0.5, 0.6) is 0 Å². The van der Waals surface area contributed by atoms with Crippen LogP contribution >= 0.6 is 7.82 Å². The molecule has 0 N–H and O–H groups in total. The molecule has 0 saturated heterocycles. The van der Waals surface area contributed by atoms with Gasteiger partial charge < -0.3 is 23.0 Å². The maximum Gasteiger partial charge on any atom is 0.268 e. The summed E-state index contributed by atoms with van der Waals surface area (Å²) in [5, 5.41) is 0. The average Bonchev–Trinajstić information content (AvgIpc) is 2.88. The Morgan fingerprint density at radius 3 is 2.23 bits per heavy atom. The molecule has 1 aromatic heterocycles. The van der Waals surface area contributed by atoms with Gasteiger partial charge in [0.2, 0.25) is 0 Å². The van der Waals surface area contributed by atoms with Crippen LogP contribution in [0.25, 0.3) is 0 Å². The number of quaternary nitrogens is 1. The number of phosphoric ester groups is 1. The molecule has 6 nitrogen and oxygen atoms in total. The molecule has 0 aliphatic rings. The molecule has 0 amide bonds. The van der Waals surface area contributed by atoms with Gasteiger partial charge in [0.1, 0.15) is 13.2 Å². The molecule has 0 aliphatic heterocycles. The summed E-state index contributed by atoms with van der Waals surface area (Å²) in [5.41, 5.74) is 0. The second-order valence-electron chi connectivity index (χ2n) is 6.46. The predicted molar refractivity (Wildman–Crippen MR) is 85.3 cm³/mol. The molecule has 1 atom stereocenters. The van der Waals surface area contributed by atoms with Gasteiger partial charge >= 0.3 is 0 Å². The van der Waals surface area contributed by atoms with E-state index in [-0.39, 0.29) is 13.2 Å². The zero-order valence-corrected chi connectivity index (χ0v) is 14.8. The van der Waals surface area contributed by atoms with E-state index in [0.717, 1.165) is 32.2 Å². The second kappa shape index (κ2) is 9.48. The topological polar surface area (TPSA) is 63.5 Å². The Kier molecular flexibility index (Phi) is 8.36. The fourth-order valence-corrected chi connectivity index (χ4v) is 2.64. The number of hydrogen-bond donors (Lipinski definition) is 0. The molecule has 7 heteroatoms. The molecular weight excluding hydrogens is 303 g/mol. The number of unbranched alkanes of at least 4 members (excludes halogenated alkanes) is 3. The summed E-state index contributed by atoms with van der Waals surface area (Å²) in [4.78, 5) is 11.5. The minimum Gasteiger partial charge on any atom is -0.756 e. The lowest BCUT2D eigenvalue weighted by atomic mass is 10.2. The van der Waals surface area contributed by atoms with Gasteiger partial charge in [0.05, 0.1) is 27.7 Å². The van der Waals surface area contributed by atoms with Gasteiger partial charge in [-0.1, -0.05) is 12.8 Å². The SMILES string of the molecule is C[N+](C)(C)CCOP(=O)([O-])OCCCCCCn1cccc1. The Bertz CT molecular complexity index is 443. The summed E-state index contributed by atoms with van der Waals surface area (Å²) in [5.74, 6) is 0. The summed E-state index contributed by atoms with van der Waals surface area (Å²) in [7, 11) is 1.80. The fourth-order valence-electron chi connectivity index (χ4n) is 1.91. The van der Waals surface area contributed by atoms with Gasteiger partial charge in [0.25, 0.3) is 7.82 Å². The smallest absolute Gasteiger partial charge is 0.268 e. The summed E-state index contributed by atoms with van der Waals surface area (Å²) in [6, 6.07) is 4.02. The molecule has 0 bridgehead atoms. The molecule has 0 aliphatic carbocycles. The highest BCUT2D eigenvalue weighted by Crippen LogP contribution is 2.38. The van der Waals surface area contributed by atoms with Gasteiger partial charge in [0.15, 0.2) is 0 Å². The van der Waals surface area contributed by atoms with E-state index < -0.39 is 7.82 Å². The average molecular weight is 332 g/mol. The molecule has 22 heavy (non-hydrogen) atoms. The maximum absolute atomic E-state index is 11.5. The first-order valence-corrected chi connectivity index (χ1v) is 9.26. The van der Waals surface area contributed by atoms with E-state index in [1.165, 1.54) is 0 Å². The van der Waals surface area contributed by atoms with Crippen LogP contribution in [0.15, 0.2) is 24.5 Å². The van der Waals surface area contributed by atoms with Crippen LogP contribution in [0.2, 0.25) is 0 Å². The third kappa shape index (κ3) is 10.1. The van der Waals surface area contributed by atoms with Crippen LogP contribution in [0.3, 0.4) is 0 Å². The summed E-state index contributed by atoms with van der Waals surface area (Å²) >= 11 is 0. The number of hydrogen-bond acceptors (Lipinski definition) is 4. The van der Waals surface area contributed by atoms with E-state index in [1.54, 1.807) is 0 Å². The minimum atomic E-state index is -4.14. The number of aryl methyl sites for hydroxylation is 1. The van der Waals surface area contributed by atoms with Crippen molar-refractivity contribution < 1.29 is 23.0 Å². The fraction of sp³-hybridized carbons (Fsp3) is 0.733. The van der Waals surface area contributed by atoms with Crippen molar-refractivity contribution in [3.63, 3.8) is 0 Å². The summed E-state index contributed by atoms with van der Waals surface area (Å²) in [6.45, 7) is 1.98. The zero-order valence-electron chi connectivity index (χ0n) is 13.9. The van der Waals surface area contributed by atoms with Gasteiger partial charge in [-0.3, -0.25) is 4.57 Å². The molecule has 0 saturated carbocycles. The summed E-state index contributed by atoms with van der Waals surface area (Å²) < 4.78 is 24.0. The van der Waals surface area contributed by atoms with Gasteiger partial charge in [-0.2, -0.15) is 0 Å². The number of phosphoric acid groups is 1. The largest absolute Gasteiger partial charge is 0.756 e. The lowest BCUT2D eigenvalue weighted by Crippen LogP contribution is -2.37. The molecular formula is C15H29N2O4P. The monoisotopic (exact) mass is 332 g/mol. The molecule has 1 aromatic rings. The molecule has 1 unspecified atom stereocenters. The van der Waals surface area contributed by atoms with Crippen molar-refractivity contribution in [2.24, 2.45) is 0 Å². The number of nitrogens with zero attached hydrogens (tertiary/aromatic N) is 2. The van der Waals surface area contributed by atoms with Gasteiger partial charge in [-0.25, -0.2) is 0 Å². The van der Waals surface area contributed by atoms with E-state index in [0.29, 0.717) is 11.0 Å². The van der Waals surface area contributed by atoms with Crippen molar-refractivity contribution in [2.45, 2.75) is 32.2 Å². The minimum absolute atomic E-state index is 0.154. The second-order valence-corrected chi connectivity index (χ2v) is 7.87. The molecule has 1 heterocycles. The first-order chi connectivity index (χ1) is 10.3. The first-order valence-electron chi connectivity index (χ1n) is 7.80. The van der Waals surface area contributed by atoms with Crippen LogP contribution in [0.1, 0.15) is 25.7 Å². The van der Waals surface area contributed by atoms with Crippen molar-refractivity contribution in [2.75, 3.05) is 40.9 Å². The highest BCUT2D eigenvalue weighted by molar-refractivity contribution is 7.45. The third-order valence-electron chi connectivity index (χ3n) is 3.24. The lowest BCUT2D eigenvalue weighted by Gasteiger charge is -2.27. The van der Waals surface area contributed by atoms with Crippen molar-refractivity contribution in [1.82, 2.24) is 4.57 Å². The number of aromatic nitrogens is 1. The zero-order chi connectivity index (χ0) is 16.5. The van der Waals surface area contributed by atoms with Gasteiger partial charge in [0, 0.05) is 18.9 Å². The maximum atomic E-state index is 11.5. The quantitative estimate of drug-likeness (QED) is 0.335. The Morgan fingerprint density at radius 1 is 1.00 bits per heavy atom. The van der Waals surface area contributed by atoms with Crippen molar-refractivity contribution in [3.05, 3.63) is 24.5 Å². The molecule has 0 spiro atoms. The highest BCUT2D eigenvalue weighted by atomic mass is 31.2. The molecule has 0 fully saturated rings. The van der Waals surface area contributed by atoms with Gasteiger partial charge in [-0.05, 0) is 25.0 Å². The Balaban J connectivity index is 1.99. The molecule has 0 aromatic carbocycles. The van der Waals surface area contributed by atoms with E-state index in [2.05, 4.69) is 4.57 Å². The standard InChI is InChI=1S/C15H29N2O4P/c1-17(2,3)13-15-21-22(18,19)20-14-9-5-4-6-10-16-11-7-8-12-16/h7-8,11-12H,4-6,9-10,13-15H2,1-3H3. The first kappa shape index (κ1) is 19.4. The Hall–Kier alpha value is -0.650. The highest BCUT2D eigenvalue weighted by Gasteiger charge is 2.12. The van der Waals surface area contributed by atoms with E-state index in [9.17, 15) is 9.46 Å². The molecule has 128 valence electrons. The van der Waals surface area contributed by atoms with Crippen molar-refractivity contribution in [3.8, 4) is 0 Å².